The van der Waals surface area contributed by atoms with Gasteiger partial charge in [-0.2, -0.15) is 0 Å². The predicted molar refractivity (Wildman–Crippen MR) is 56.8 cm³/mol. The van der Waals surface area contributed by atoms with Gasteiger partial charge in [-0.25, -0.2) is 22.4 Å². The maximum absolute atomic E-state index is 11.9. The highest BCUT2D eigenvalue weighted by molar-refractivity contribution is 5.60. The number of carbonyl (C=O) groups is 1. The monoisotopic (exact) mass is 270 g/mol. The number of carbonyl (C=O) groups excluding carboxylic acids is 1. The molecule has 0 aromatic carbocycles. The second-order valence-corrected chi connectivity index (χ2v) is 3.52. The van der Waals surface area contributed by atoms with E-state index >= 15 is 0 Å². The Hall–Kier alpha value is -1.53. The van der Waals surface area contributed by atoms with E-state index in [0.717, 1.165) is 0 Å². The second-order valence-electron chi connectivity index (χ2n) is 3.52. The Balaban J connectivity index is 3.72. The summed E-state index contributed by atoms with van der Waals surface area (Å²) in [6, 6.07) is 0. The molecule has 0 aliphatic heterocycles. The van der Waals surface area contributed by atoms with E-state index in [0.29, 0.717) is 0 Å². The molecule has 0 saturated carbocycles. The highest BCUT2D eigenvalue weighted by Gasteiger charge is 2.11. The summed E-state index contributed by atoms with van der Waals surface area (Å²) in [6.45, 7) is 5.75. The topological polar surface area (TPSA) is 35.5 Å². The average molecular weight is 270 g/mol. The molecule has 0 heterocycles. The number of rotatable bonds is 8. The molecule has 0 unspecified atom stereocenters. The van der Waals surface area contributed by atoms with Gasteiger partial charge in [-0.1, -0.05) is 13.2 Å². The molecule has 0 bridgehead atoms. The van der Waals surface area contributed by atoms with E-state index in [2.05, 4.69) is 22.6 Å². The highest BCUT2D eigenvalue weighted by Crippen LogP contribution is 2.10. The van der Waals surface area contributed by atoms with E-state index in [9.17, 15) is 22.4 Å². The van der Waals surface area contributed by atoms with Crippen molar-refractivity contribution in [2.45, 2.75) is 25.7 Å². The van der Waals surface area contributed by atoms with Crippen molar-refractivity contribution in [3.8, 4) is 0 Å². The molecule has 0 amide bonds. The van der Waals surface area contributed by atoms with Gasteiger partial charge in [0, 0.05) is 12.8 Å². The third-order valence-electron chi connectivity index (χ3n) is 1.67. The molecule has 0 aromatic heterocycles. The maximum atomic E-state index is 11.9. The fourth-order valence-corrected chi connectivity index (χ4v) is 0.918. The minimum Gasteiger partial charge on any atom is -0.430 e. The van der Waals surface area contributed by atoms with Gasteiger partial charge in [0.1, 0.15) is 13.2 Å². The second kappa shape index (κ2) is 8.54. The lowest BCUT2D eigenvalue weighted by molar-refractivity contribution is 0.0620. The van der Waals surface area contributed by atoms with E-state index in [1.807, 2.05) is 0 Å². The van der Waals surface area contributed by atoms with Crippen LogP contribution in [0.25, 0.3) is 0 Å². The fraction of sp³-hybridized carbons (Fsp3) is 0.545. The molecule has 0 aliphatic carbocycles. The number of ether oxygens (including phenoxy) is 2. The van der Waals surface area contributed by atoms with Crippen LogP contribution in [0.5, 0.6) is 0 Å². The van der Waals surface area contributed by atoms with Crippen molar-refractivity contribution in [1.29, 1.82) is 0 Å². The van der Waals surface area contributed by atoms with Crippen LogP contribution in [0.15, 0.2) is 24.3 Å². The Morgan fingerprint density at radius 2 is 1.22 bits per heavy atom. The predicted octanol–water partition coefficient (Wildman–Crippen LogP) is 3.56. The summed E-state index contributed by atoms with van der Waals surface area (Å²) in [6.07, 6.45) is -7.43. The van der Waals surface area contributed by atoms with Crippen molar-refractivity contribution >= 4 is 6.16 Å². The van der Waals surface area contributed by atoms with E-state index in [-0.39, 0.29) is 11.1 Å². The van der Waals surface area contributed by atoms with Crippen molar-refractivity contribution in [3.63, 3.8) is 0 Å². The summed E-state index contributed by atoms with van der Waals surface area (Å²) in [5, 5.41) is 0. The largest absolute Gasteiger partial charge is 0.508 e. The molecule has 7 heteroatoms. The standard InChI is InChI=1S/C11H14F4O3/c1-7(3-9(12)13)5-17-11(16)18-6-8(2)4-10(14)15/h9-10H,1-6H2. The van der Waals surface area contributed by atoms with Gasteiger partial charge in [-0.05, 0) is 11.1 Å². The molecule has 3 nitrogen and oxygen atoms in total. The van der Waals surface area contributed by atoms with Crippen LogP contribution < -0.4 is 0 Å². The van der Waals surface area contributed by atoms with Crippen molar-refractivity contribution in [3.05, 3.63) is 24.3 Å². The zero-order valence-corrected chi connectivity index (χ0v) is 9.63. The molecular weight excluding hydrogens is 256 g/mol. The van der Waals surface area contributed by atoms with E-state index in [4.69, 9.17) is 0 Å². The van der Waals surface area contributed by atoms with Gasteiger partial charge in [-0.15, -0.1) is 0 Å². The number of hydrogen-bond donors (Lipinski definition) is 0. The smallest absolute Gasteiger partial charge is 0.430 e. The van der Waals surface area contributed by atoms with Crippen LogP contribution in [0, 0.1) is 0 Å². The first-order valence-corrected chi connectivity index (χ1v) is 5.00. The SMILES string of the molecule is C=C(COC(=O)OCC(=C)CC(F)F)CC(F)F. The van der Waals surface area contributed by atoms with Crippen LogP contribution >= 0.6 is 0 Å². The molecular formula is C11H14F4O3. The highest BCUT2D eigenvalue weighted by atomic mass is 19.3. The van der Waals surface area contributed by atoms with Gasteiger partial charge >= 0.3 is 6.16 Å². The van der Waals surface area contributed by atoms with E-state index in [1.54, 1.807) is 0 Å². The van der Waals surface area contributed by atoms with Gasteiger partial charge in [0.25, 0.3) is 0 Å². The zero-order chi connectivity index (χ0) is 14.1. The van der Waals surface area contributed by atoms with E-state index in [1.165, 1.54) is 0 Å². The first-order chi connectivity index (χ1) is 8.31. The van der Waals surface area contributed by atoms with Crippen LogP contribution in [0.1, 0.15) is 12.8 Å². The first kappa shape index (κ1) is 16.5. The Morgan fingerprint density at radius 1 is 0.889 bits per heavy atom. The number of hydrogen-bond acceptors (Lipinski definition) is 3. The number of halogens is 4. The Labute approximate surface area is 102 Å². The summed E-state index contributed by atoms with van der Waals surface area (Å²) in [4.78, 5) is 10.9. The lowest BCUT2D eigenvalue weighted by atomic mass is 10.2. The molecule has 0 radical (unpaired) electrons. The first-order valence-electron chi connectivity index (χ1n) is 5.00. The molecule has 104 valence electrons. The van der Waals surface area contributed by atoms with Crippen molar-refractivity contribution in [2.24, 2.45) is 0 Å². The Bertz CT molecular complexity index is 275. The fourth-order valence-electron chi connectivity index (χ4n) is 0.918. The van der Waals surface area contributed by atoms with Crippen LogP contribution in [0.3, 0.4) is 0 Å². The third-order valence-corrected chi connectivity index (χ3v) is 1.67. The summed E-state index contributed by atoms with van der Waals surface area (Å²) in [5.41, 5.74) is 0.0710. The van der Waals surface area contributed by atoms with Gasteiger partial charge < -0.3 is 9.47 Å². The van der Waals surface area contributed by atoms with Gasteiger partial charge in [-0.3, -0.25) is 0 Å². The van der Waals surface area contributed by atoms with Crippen molar-refractivity contribution < 1.29 is 31.8 Å². The molecule has 0 atom stereocenters. The minimum absolute atomic E-state index is 0.0355. The molecule has 0 rings (SSSR count). The van der Waals surface area contributed by atoms with Crippen LogP contribution in [-0.4, -0.2) is 32.2 Å². The summed E-state index contributed by atoms with van der Waals surface area (Å²) >= 11 is 0. The van der Waals surface area contributed by atoms with Gasteiger partial charge in [0.15, 0.2) is 0 Å². The molecule has 0 aromatic rings. The Kier molecular flexibility index (Phi) is 7.82. The number of alkyl halides is 4. The van der Waals surface area contributed by atoms with Gasteiger partial charge in [0.05, 0.1) is 0 Å². The van der Waals surface area contributed by atoms with Crippen LogP contribution in [0.4, 0.5) is 22.4 Å². The molecule has 18 heavy (non-hydrogen) atoms. The quantitative estimate of drug-likeness (QED) is 0.384. The summed E-state index contributed by atoms with van der Waals surface area (Å²) < 4.78 is 56.4. The van der Waals surface area contributed by atoms with E-state index < -0.39 is 45.1 Å². The normalized spacial score (nSPS) is 10.6. The molecule has 0 spiro atoms. The lowest BCUT2D eigenvalue weighted by Crippen LogP contribution is -2.12. The lowest BCUT2D eigenvalue weighted by Gasteiger charge is -2.09. The Morgan fingerprint density at radius 3 is 1.50 bits per heavy atom. The molecule has 0 fully saturated rings. The van der Waals surface area contributed by atoms with Gasteiger partial charge in [0.2, 0.25) is 12.9 Å². The summed E-state index contributed by atoms with van der Waals surface area (Å²) in [7, 11) is 0. The van der Waals surface area contributed by atoms with Crippen LogP contribution in [0.2, 0.25) is 0 Å². The minimum atomic E-state index is -2.57. The third kappa shape index (κ3) is 9.68. The van der Waals surface area contributed by atoms with Crippen LogP contribution in [-0.2, 0) is 9.47 Å². The average Bonchev–Trinajstić information content (AvgIpc) is 2.21. The zero-order valence-electron chi connectivity index (χ0n) is 9.63. The maximum Gasteiger partial charge on any atom is 0.508 e. The molecule has 0 N–H and O–H groups in total. The molecule has 0 aliphatic rings. The van der Waals surface area contributed by atoms with Crippen molar-refractivity contribution in [2.75, 3.05) is 13.2 Å². The molecule has 0 saturated heterocycles. The summed E-state index contributed by atoms with van der Waals surface area (Å²) in [5.74, 6) is 0. The van der Waals surface area contributed by atoms with Crippen molar-refractivity contribution in [1.82, 2.24) is 0 Å².